The minimum atomic E-state index is -5.08. The molecule has 0 bridgehead atoms. The molecule has 0 amide bonds. The van der Waals surface area contributed by atoms with Crippen molar-refractivity contribution in [3.05, 3.63) is 29.6 Å². The minimum absolute atomic E-state index is 0.438. The van der Waals surface area contributed by atoms with Crippen molar-refractivity contribution in [1.82, 2.24) is 9.88 Å². The van der Waals surface area contributed by atoms with Gasteiger partial charge >= 0.3 is 24.3 Å². The van der Waals surface area contributed by atoms with Gasteiger partial charge in [0, 0.05) is 24.8 Å². The number of pyridine rings is 1. The first-order valence-electron chi connectivity index (χ1n) is 11.6. The Balaban J connectivity index is 0.000000286. The minimum Gasteiger partial charge on any atom is -0.475 e. The number of rotatable bonds is 6. The lowest BCUT2D eigenvalue weighted by molar-refractivity contribution is -0.193. The van der Waals surface area contributed by atoms with Crippen molar-refractivity contribution in [3.63, 3.8) is 0 Å². The lowest BCUT2D eigenvalue weighted by Gasteiger charge is -2.37. The lowest BCUT2D eigenvalue weighted by Crippen LogP contribution is -2.49. The van der Waals surface area contributed by atoms with Gasteiger partial charge in [0.2, 0.25) is 0 Å². The van der Waals surface area contributed by atoms with Gasteiger partial charge in [-0.2, -0.15) is 26.3 Å². The molecule has 37 heavy (non-hydrogen) atoms. The van der Waals surface area contributed by atoms with Crippen molar-refractivity contribution < 1.29 is 55.6 Å². The predicted octanol–water partition coefficient (Wildman–Crippen LogP) is 4.06. The average molecular weight is 544 g/mol. The number of hydrogen-bond acceptors (Lipinski definition) is 6. The number of nitrogens with zero attached hydrogens (tertiary/aromatic N) is 2. The molecule has 14 heteroatoms. The normalized spacial score (nSPS) is 23.7. The third-order valence-corrected chi connectivity index (χ3v) is 5.97. The first-order valence-corrected chi connectivity index (χ1v) is 11.6. The fourth-order valence-corrected chi connectivity index (χ4v) is 4.13. The Bertz CT molecular complexity index is 869. The molecule has 2 saturated carbocycles. The number of fused-ring (bicyclic) bond motifs is 1. The summed E-state index contributed by atoms with van der Waals surface area (Å²) in [7, 11) is 0. The average Bonchev–Trinajstić information content (AvgIpc) is 3.49. The van der Waals surface area contributed by atoms with Crippen LogP contribution in [0.15, 0.2) is 18.2 Å². The summed E-state index contributed by atoms with van der Waals surface area (Å²) < 4.78 is 75.5. The molecule has 1 aromatic heterocycles. The van der Waals surface area contributed by atoms with Crippen LogP contribution >= 0.6 is 0 Å². The van der Waals surface area contributed by atoms with E-state index in [1.807, 2.05) is 19.1 Å². The largest absolute Gasteiger partial charge is 0.490 e. The standard InChI is InChI=1S/C19H28N2O2.2C2HF3O2/c1-14-3-2-4-17(20-14)13-22-12-16-9-18-19(10-16)23-8-7-21(18)11-15-5-6-15;2*3-2(4,5)1(6)7/h2-4,15-16,18-19H,5-13H2,1H3;2*(H,6,7)/t16?,18-,19-;;/m1../s1. The number of aromatic nitrogens is 1. The topological polar surface area (TPSA) is 109 Å². The van der Waals surface area contributed by atoms with E-state index in [1.54, 1.807) is 0 Å². The number of ether oxygens (including phenoxy) is 2. The van der Waals surface area contributed by atoms with Crippen molar-refractivity contribution in [2.24, 2.45) is 11.8 Å². The maximum Gasteiger partial charge on any atom is 0.490 e. The van der Waals surface area contributed by atoms with Crippen LogP contribution in [0.2, 0.25) is 0 Å². The number of carbonyl (C=O) groups is 2. The molecule has 3 atom stereocenters. The Morgan fingerprint density at radius 2 is 1.65 bits per heavy atom. The van der Waals surface area contributed by atoms with Gasteiger partial charge in [-0.05, 0) is 56.6 Å². The first kappa shape index (κ1) is 30.8. The number of carboxylic acid groups (broad SMARTS) is 2. The van der Waals surface area contributed by atoms with Crippen LogP contribution < -0.4 is 0 Å². The Hall–Kier alpha value is -2.45. The summed E-state index contributed by atoms with van der Waals surface area (Å²) in [5.41, 5.74) is 2.09. The predicted molar refractivity (Wildman–Crippen MR) is 117 cm³/mol. The second-order valence-corrected chi connectivity index (χ2v) is 9.14. The number of carboxylic acids is 2. The van der Waals surface area contributed by atoms with Crippen LogP contribution in [0.1, 0.15) is 37.1 Å². The van der Waals surface area contributed by atoms with Crippen molar-refractivity contribution in [3.8, 4) is 0 Å². The van der Waals surface area contributed by atoms with E-state index in [9.17, 15) is 26.3 Å². The number of aliphatic carboxylic acids is 2. The van der Waals surface area contributed by atoms with Crippen molar-refractivity contribution >= 4 is 11.9 Å². The van der Waals surface area contributed by atoms with Crippen LogP contribution in [-0.4, -0.2) is 82.8 Å². The molecule has 210 valence electrons. The molecule has 1 aliphatic heterocycles. The highest BCUT2D eigenvalue weighted by Gasteiger charge is 2.42. The van der Waals surface area contributed by atoms with E-state index in [0.29, 0.717) is 24.7 Å². The van der Waals surface area contributed by atoms with E-state index in [2.05, 4.69) is 16.0 Å². The van der Waals surface area contributed by atoms with Gasteiger partial charge in [0.1, 0.15) is 0 Å². The van der Waals surface area contributed by atoms with Crippen LogP contribution in [0.5, 0.6) is 0 Å². The third-order valence-electron chi connectivity index (χ3n) is 5.97. The van der Waals surface area contributed by atoms with Crippen molar-refractivity contribution in [1.29, 1.82) is 0 Å². The number of halogens is 6. The van der Waals surface area contributed by atoms with Crippen molar-refractivity contribution in [2.75, 3.05) is 26.3 Å². The lowest BCUT2D eigenvalue weighted by atomic mass is 10.1. The maximum absolute atomic E-state index is 10.6. The van der Waals surface area contributed by atoms with E-state index in [1.165, 1.54) is 25.8 Å². The monoisotopic (exact) mass is 544 g/mol. The highest BCUT2D eigenvalue weighted by molar-refractivity contribution is 5.73. The van der Waals surface area contributed by atoms with Gasteiger partial charge in [0.05, 0.1) is 31.6 Å². The summed E-state index contributed by atoms with van der Waals surface area (Å²) in [4.78, 5) is 25.0. The first-order chi connectivity index (χ1) is 17.2. The van der Waals surface area contributed by atoms with E-state index in [4.69, 9.17) is 29.3 Å². The SMILES string of the molecule is Cc1cccc(COCC2C[C@@H]3[C@@H](C2)OCCN3CC2CC2)n1.O=C(O)C(F)(F)F.O=C(O)C(F)(F)F. The molecule has 1 unspecified atom stereocenters. The number of hydrogen-bond donors (Lipinski definition) is 2. The Labute approximate surface area is 209 Å². The second-order valence-electron chi connectivity index (χ2n) is 9.14. The smallest absolute Gasteiger partial charge is 0.475 e. The van der Waals surface area contributed by atoms with Gasteiger partial charge in [-0.15, -0.1) is 0 Å². The molecule has 0 aromatic carbocycles. The number of alkyl halides is 6. The van der Waals surface area contributed by atoms with Crippen LogP contribution in [0.25, 0.3) is 0 Å². The molecule has 3 fully saturated rings. The molecule has 8 nitrogen and oxygen atoms in total. The molecule has 0 spiro atoms. The Morgan fingerprint density at radius 3 is 2.16 bits per heavy atom. The molecule has 2 N–H and O–H groups in total. The molecular weight excluding hydrogens is 514 g/mol. The van der Waals surface area contributed by atoms with Gasteiger partial charge in [0.15, 0.2) is 0 Å². The second kappa shape index (κ2) is 13.4. The molecule has 2 aliphatic carbocycles. The summed E-state index contributed by atoms with van der Waals surface area (Å²) in [5.74, 6) is -3.91. The van der Waals surface area contributed by atoms with E-state index in [-0.39, 0.29) is 0 Å². The molecule has 1 aromatic rings. The summed E-state index contributed by atoms with van der Waals surface area (Å²) in [6.07, 6.45) is -4.46. The van der Waals surface area contributed by atoms with E-state index < -0.39 is 24.3 Å². The molecule has 2 heterocycles. The van der Waals surface area contributed by atoms with Gasteiger partial charge in [-0.1, -0.05) is 6.07 Å². The van der Waals surface area contributed by atoms with Crippen LogP contribution in [0.3, 0.4) is 0 Å². The van der Waals surface area contributed by atoms with Crippen LogP contribution in [0.4, 0.5) is 26.3 Å². The summed E-state index contributed by atoms with van der Waals surface area (Å²) >= 11 is 0. The fourth-order valence-electron chi connectivity index (χ4n) is 4.13. The van der Waals surface area contributed by atoms with Gasteiger partial charge in [-0.25, -0.2) is 9.59 Å². The fraction of sp³-hybridized carbons (Fsp3) is 0.696. The third kappa shape index (κ3) is 11.2. The number of morpholine rings is 1. The summed E-state index contributed by atoms with van der Waals surface area (Å²) in [6.45, 7) is 6.82. The highest BCUT2D eigenvalue weighted by atomic mass is 19.4. The van der Waals surface area contributed by atoms with Crippen LogP contribution in [-0.2, 0) is 25.7 Å². The van der Waals surface area contributed by atoms with Gasteiger partial charge < -0.3 is 19.7 Å². The van der Waals surface area contributed by atoms with Gasteiger partial charge in [0.25, 0.3) is 0 Å². The molecule has 1 saturated heterocycles. The van der Waals surface area contributed by atoms with Crippen molar-refractivity contribution in [2.45, 2.75) is 63.7 Å². The Kier molecular flexibility index (Phi) is 11.1. The zero-order valence-corrected chi connectivity index (χ0v) is 20.1. The summed E-state index contributed by atoms with van der Waals surface area (Å²) in [5, 5.41) is 14.2. The quantitative estimate of drug-likeness (QED) is 0.517. The van der Waals surface area contributed by atoms with Gasteiger partial charge in [-0.3, -0.25) is 9.88 Å². The number of aryl methyl sites for hydroxylation is 1. The highest BCUT2D eigenvalue weighted by Crippen LogP contribution is 2.37. The molecule has 4 rings (SSSR count). The van der Waals surface area contributed by atoms with Crippen LogP contribution in [0, 0.1) is 18.8 Å². The van der Waals surface area contributed by atoms with E-state index >= 15 is 0 Å². The zero-order valence-electron chi connectivity index (χ0n) is 20.1. The molecular formula is C23H30F6N2O6. The zero-order chi connectivity index (χ0) is 27.8. The molecule has 3 aliphatic rings. The molecule has 0 radical (unpaired) electrons. The maximum atomic E-state index is 10.6. The van der Waals surface area contributed by atoms with E-state index in [0.717, 1.165) is 43.5 Å². The Morgan fingerprint density at radius 1 is 1.05 bits per heavy atom. The summed E-state index contributed by atoms with van der Waals surface area (Å²) in [6, 6.07) is 6.75.